The van der Waals surface area contributed by atoms with E-state index in [-0.39, 0.29) is 12.0 Å². The fourth-order valence-corrected chi connectivity index (χ4v) is 2.80. The minimum atomic E-state index is 0.140. The predicted molar refractivity (Wildman–Crippen MR) is 87.3 cm³/mol. The van der Waals surface area contributed by atoms with Crippen LogP contribution in [0.1, 0.15) is 39.2 Å². The Morgan fingerprint density at radius 1 is 0.905 bits per heavy atom. The second kappa shape index (κ2) is 6.63. The Morgan fingerprint density at radius 2 is 1.43 bits per heavy atom. The first kappa shape index (κ1) is 16.1. The Bertz CT molecular complexity index is 602. The molecule has 21 heavy (non-hydrogen) atoms. The van der Waals surface area contributed by atoms with E-state index in [1.54, 1.807) is 0 Å². The smallest absolute Gasteiger partial charge is 0.162 e. The average molecular weight is 325 g/mol. The molecule has 1 aromatic heterocycles. The summed E-state index contributed by atoms with van der Waals surface area (Å²) in [5.74, 6) is 1.51. The Labute approximate surface area is 135 Å². The van der Waals surface area contributed by atoms with Gasteiger partial charge in [-0.25, -0.2) is 9.97 Å². The molecule has 0 amide bonds. The molecule has 0 aliphatic carbocycles. The van der Waals surface area contributed by atoms with Crippen LogP contribution in [0.3, 0.4) is 0 Å². The molecular weight excluding hydrogens is 307 g/mol. The summed E-state index contributed by atoms with van der Waals surface area (Å²) < 4.78 is 5.61. The zero-order chi connectivity index (χ0) is 15.6. The van der Waals surface area contributed by atoms with E-state index in [9.17, 15) is 0 Å². The molecule has 2 rings (SSSR count). The molecule has 0 unspecified atom stereocenters. The first-order valence-corrected chi connectivity index (χ1v) is 7.64. The molecule has 0 aliphatic heterocycles. The number of ether oxygens (including phenoxy) is 1. The maximum atomic E-state index is 6.22. The second-order valence-electron chi connectivity index (χ2n) is 5.39. The van der Waals surface area contributed by atoms with Gasteiger partial charge in [-0.3, -0.25) is 0 Å². The molecule has 1 heterocycles. The lowest BCUT2D eigenvalue weighted by Gasteiger charge is -2.12. The summed E-state index contributed by atoms with van der Waals surface area (Å²) in [6, 6.07) is 7.57. The van der Waals surface area contributed by atoms with Crippen molar-refractivity contribution in [3.63, 3.8) is 0 Å². The average Bonchev–Trinajstić information content (AvgIpc) is 2.37. The molecule has 0 saturated carbocycles. The lowest BCUT2D eigenvalue weighted by molar-refractivity contribution is 0.242. The molecule has 2 aromatic rings. The number of hydrogen-bond donors (Lipinski definition) is 0. The third-order valence-corrected chi connectivity index (χ3v) is 3.49. The minimum Gasteiger partial charge on any atom is -0.491 e. The summed E-state index contributed by atoms with van der Waals surface area (Å²) in [7, 11) is 0. The van der Waals surface area contributed by atoms with Crippen molar-refractivity contribution in [3.05, 3.63) is 40.1 Å². The van der Waals surface area contributed by atoms with E-state index in [0.29, 0.717) is 16.1 Å². The summed E-state index contributed by atoms with van der Waals surface area (Å²) in [5.41, 5.74) is 1.63. The van der Waals surface area contributed by atoms with Gasteiger partial charge < -0.3 is 4.74 Å². The van der Waals surface area contributed by atoms with Crippen molar-refractivity contribution in [2.45, 2.75) is 39.7 Å². The Hall–Kier alpha value is -1.32. The summed E-state index contributed by atoms with van der Waals surface area (Å²) in [4.78, 5) is 8.69. The van der Waals surface area contributed by atoms with E-state index in [0.717, 1.165) is 16.9 Å². The van der Waals surface area contributed by atoms with Crippen LogP contribution in [0.15, 0.2) is 24.3 Å². The second-order valence-corrected chi connectivity index (χ2v) is 6.10. The van der Waals surface area contributed by atoms with Crippen LogP contribution in [0.25, 0.3) is 11.4 Å². The van der Waals surface area contributed by atoms with Crippen molar-refractivity contribution in [3.8, 4) is 17.1 Å². The molecule has 3 nitrogen and oxygen atoms in total. The molecule has 0 spiro atoms. The van der Waals surface area contributed by atoms with Crippen LogP contribution in [0.2, 0.25) is 10.3 Å². The third-order valence-electron chi connectivity index (χ3n) is 2.91. The van der Waals surface area contributed by atoms with Crippen LogP contribution < -0.4 is 4.74 Å². The highest BCUT2D eigenvalue weighted by atomic mass is 35.5. The maximum Gasteiger partial charge on any atom is 0.162 e. The topological polar surface area (TPSA) is 35.0 Å². The van der Waals surface area contributed by atoms with Gasteiger partial charge in [-0.05, 0) is 44.0 Å². The number of aromatic nitrogens is 2. The summed E-state index contributed by atoms with van der Waals surface area (Å²) in [6.07, 6.45) is 0.140. The summed E-state index contributed by atoms with van der Waals surface area (Å²) in [6.45, 7) is 7.99. The van der Waals surface area contributed by atoms with Crippen molar-refractivity contribution in [2.75, 3.05) is 0 Å². The molecule has 0 bridgehead atoms. The number of hydrogen-bond acceptors (Lipinski definition) is 3. The van der Waals surface area contributed by atoms with Crippen molar-refractivity contribution in [2.24, 2.45) is 0 Å². The Balaban J connectivity index is 2.34. The lowest BCUT2D eigenvalue weighted by atomic mass is 10.1. The number of rotatable bonds is 4. The number of nitrogens with zero attached hydrogens (tertiary/aromatic N) is 2. The van der Waals surface area contributed by atoms with Crippen molar-refractivity contribution in [1.82, 2.24) is 9.97 Å². The van der Waals surface area contributed by atoms with Gasteiger partial charge >= 0.3 is 0 Å². The molecule has 112 valence electrons. The van der Waals surface area contributed by atoms with E-state index in [1.165, 1.54) is 0 Å². The van der Waals surface area contributed by atoms with E-state index < -0.39 is 0 Å². The van der Waals surface area contributed by atoms with Gasteiger partial charge in [0.05, 0.1) is 6.10 Å². The van der Waals surface area contributed by atoms with Gasteiger partial charge in [-0.1, -0.05) is 37.0 Å². The number of benzene rings is 1. The fourth-order valence-electron chi connectivity index (χ4n) is 1.98. The standard InChI is InChI=1S/C16H18Cl2N2O/c1-9(2)13-14(17)19-16(20-15(13)18)11-5-7-12(8-6-11)21-10(3)4/h5-10H,1-4H3. The van der Waals surface area contributed by atoms with Crippen molar-refractivity contribution < 1.29 is 4.74 Å². The summed E-state index contributed by atoms with van der Waals surface area (Å²) >= 11 is 12.4. The van der Waals surface area contributed by atoms with Crippen molar-refractivity contribution >= 4 is 23.2 Å². The molecule has 0 radical (unpaired) electrons. The van der Waals surface area contributed by atoms with E-state index in [4.69, 9.17) is 27.9 Å². The van der Waals surface area contributed by atoms with E-state index in [2.05, 4.69) is 9.97 Å². The van der Waals surface area contributed by atoms with Gasteiger partial charge in [0.2, 0.25) is 0 Å². The number of halogens is 2. The van der Waals surface area contributed by atoms with Gasteiger partial charge in [-0.15, -0.1) is 0 Å². The van der Waals surface area contributed by atoms with Gasteiger partial charge in [0.15, 0.2) is 5.82 Å². The summed E-state index contributed by atoms with van der Waals surface area (Å²) in [5, 5.41) is 0.810. The van der Waals surface area contributed by atoms with E-state index in [1.807, 2.05) is 52.0 Å². The first-order valence-electron chi connectivity index (χ1n) is 6.88. The largest absolute Gasteiger partial charge is 0.491 e. The monoisotopic (exact) mass is 324 g/mol. The zero-order valence-electron chi connectivity index (χ0n) is 12.5. The van der Waals surface area contributed by atoms with Crippen molar-refractivity contribution in [1.29, 1.82) is 0 Å². The van der Waals surface area contributed by atoms with Crippen LogP contribution in [0, 0.1) is 0 Å². The van der Waals surface area contributed by atoms with Crippen LogP contribution in [0.4, 0.5) is 0 Å². The van der Waals surface area contributed by atoms with Crippen LogP contribution in [-0.4, -0.2) is 16.1 Å². The van der Waals surface area contributed by atoms with Crippen LogP contribution in [0.5, 0.6) is 5.75 Å². The molecule has 0 saturated heterocycles. The fraction of sp³-hybridized carbons (Fsp3) is 0.375. The third kappa shape index (κ3) is 3.86. The normalized spacial score (nSPS) is 11.2. The molecule has 0 fully saturated rings. The van der Waals surface area contributed by atoms with Gasteiger partial charge in [-0.2, -0.15) is 0 Å². The molecule has 0 N–H and O–H groups in total. The molecule has 0 aliphatic rings. The molecule has 1 aromatic carbocycles. The Morgan fingerprint density at radius 3 is 1.86 bits per heavy atom. The molecular formula is C16H18Cl2N2O. The SMILES string of the molecule is CC(C)Oc1ccc(-c2nc(Cl)c(C(C)C)c(Cl)n2)cc1. The van der Waals surface area contributed by atoms with E-state index >= 15 is 0 Å². The quantitative estimate of drug-likeness (QED) is 0.710. The zero-order valence-corrected chi connectivity index (χ0v) is 14.0. The van der Waals surface area contributed by atoms with Gasteiger partial charge in [0.25, 0.3) is 0 Å². The highest BCUT2D eigenvalue weighted by Gasteiger charge is 2.15. The predicted octanol–water partition coefficient (Wildman–Crippen LogP) is 5.36. The molecule has 5 heteroatoms. The highest BCUT2D eigenvalue weighted by molar-refractivity contribution is 6.34. The first-order chi connectivity index (χ1) is 9.88. The van der Waals surface area contributed by atoms with Crippen LogP contribution in [-0.2, 0) is 0 Å². The minimum absolute atomic E-state index is 0.140. The maximum absolute atomic E-state index is 6.22. The molecule has 0 atom stereocenters. The highest BCUT2D eigenvalue weighted by Crippen LogP contribution is 2.31. The van der Waals surface area contributed by atoms with Gasteiger partial charge in [0.1, 0.15) is 16.1 Å². The Kier molecular flexibility index (Phi) is 5.07. The van der Waals surface area contributed by atoms with Crippen LogP contribution >= 0.6 is 23.2 Å². The van der Waals surface area contributed by atoms with Gasteiger partial charge in [0, 0.05) is 11.1 Å². The lowest BCUT2D eigenvalue weighted by Crippen LogP contribution is -2.05.